The van der Waals surface area contributed by atoms with Crippen molar-refractivity contribution >= 4 is 11.8 Å². The van der Waals surface area contributed by atoms with Gasteiger partial charge in [-0.15, -0.1) is 11.8 Å². The van der Waals surface area contributed by atoms with Crippen LogP contribution in [-0.2, 0) is 0 Å². The summed E-state index contributed by atoms with van der Waals surface area (Å²) in [6.45, 7) is 5.99. The molecule has 0 saturated heterocycles. The van der Waals surface area contributed by atoms with E-state index in [1.807, 2.05) is 20.8 Å². The van der Waals surface area contributed by atoms with Crippen LogP contribution in [0.1, 0.15) is 20.8 Å². The van der Waals surface area contributed by atoms with Crippen LogP contribution in [0.3, 0.4) is 0 Å². The summed E-state index contributed by atoms with van der Waals surface area (Å²) in [4.78, 5) is 0. The molecule has 44 valence electrons. The third-order valence-corrected chi connectivity index (χ3v) is 1.46. The molecule has 0 saturated carbocycles. The number of hydrogen-bond acceptors (Lipinski definition) is 1. The molecule has 0 aliphatic carbocycles. The molecule has 0 heterocycles. The molecule has 7 heavy (non-hydrogen) atoms. The molecular formula is C5H11FS. The van der Waals surface area contributed by atoms with Crippen molar-refractivity contribution in [1.29, 1.82) is 0 Å². The second-order valence-corrected chi connectivity index (χ2v) is 4.10. The third kappa shape index (κ3) is 6.28. The van der Waals surface area contributed by atoms with Crippen LogP contribution >= 0.6 is 11.8 Å². The van der Waals surface area contributed by atoms with E-state index < -0.39 is 0 Å². The first kappa shape index (κ1) is 7.28. The summed E-state index contributed by atoms with van der Waals surface area (Å²) in [5.74, 6) is 0. The highest BCUT2D eigenvalue weighted by Gasteiger charge is 2.08. The van der Waals surface area contributed by atoms with Crippen molar-refractivity contribution in [1.82, 2.24) is 0 Å². The molecule has 0 nitrogen and oxygen atoms in total. The molecule has 0 spiro atoms. The highest BCUT2D eigenvalue weighted by atomic mass is 32.2. The molecule has 0 aromatic heterocycles. The van der Waals surface area contributed by atoms with Gasteiger partial charge in [0.25, 0.3) is 0 Å². The fraction of sp³-hybridized carbons (Fsp3) is 1.00. The molecule has 0 radical (unpaired) electrons. The van der Waals surface area contributed by atoms with Gasteiger partial charge in [0, 0.05) is 4.75 Å². The van der Waals surface area contributed by atoms with Gasteiger partial charge >= 0.3 is 0 Å². The predicted octanol–water partition coefficient (Wildman–Crippen LogP) is 2.45. The maximum absolute atomic E-state index is 11.5. The molecular weight excluding hydrogens is 111 g/mol. The first-order valence-corrected chi connectivity index (χ1v) is 3.25. The van der Waals surface area contributed by atoms with Gasteiger partial charge in [-0.3, -0.25) is 0 Å². The summed E-state index contributed by atoms with van der Waals surface area (Å²) in [7, 11) is 0. The summed E-state index contributed by atoms with van der Waals surface area (Å²) in [5, 5.41) is 0. The minimum absolute atomic E-state index is 0.0920. The first-order valence-electron chi connectivity index (χ1n) is 2.26. The Kier molecular flexibility index (Phi) is 2.66. The zero-order valence-corrected chi connectivity index (χ0v) is 5.81. The molecule has 0 aromatic rings. The van der Waals surface area contributed by atoms with E-state index in [2.05, 4.69) is 0 Å². The lowest BCUT2D eigenvalue weighted by Gasteiger charge is -2.13. The van der Waals surface area contributed by atoms with E-state index in [-0.39, 0.29) is 10.8 Å². The normalized spacial score (nSPS) is 12.0. The Morgan fingerprint density at radius 1 is 1.43 bits per heavy atom. The average Bonchev–Trinajstić information content (AvgIpc) is 1.30. The van der Waals surface area contributed by atoms with E-state index in [0.717, 1.165) is 0 Å². The van der Waals surface area contributed by atoms with Gasteiger partial charge in [0.1, 0.15) is 6.01 Å². The molecule has 2 heteroatoms. The van der Waals surface area contributed by atoms with Gasteiger partial charge < -0.3 is 0 Å². The fourth-order valence-corrected chi connectivity index (χ4v) is 0.491. The lowest BCUT2D eigenvalue weighted by Crippen LogP contribution is -2.06. The van der Waals surface area contributed by atoms with Crippen LogP contribution in [0.4, 0.5) is 4.39 Å². The summed E-state index contributed by atoms with van der Waals surface area (Å²) >= 11 is 1.32. The molecule has 0 bridgehead atoms. The molecule has 0 aliphatic heterocycles. The van der Waals surface area contributed by atoms with Gasteiger partial charge in [-0.05, 0) is 0 Å². The fourth-order valence-electron chi connectivity index (χ4n) is 0.164. The average molecular weight is 122 g/mol. The van der Waals surface area contributed by atoms with E-state index in [9.17, 15) is 4.39 Å². The first-order chi connectivity index (χ1) is 3.06. The Morgan fingerprint density at radius 3 is 1.86 bits per heavy atom. The molecule has 0 N–H and O–H groups in total. The van der Waals surface area contributed by atoms with Gasteiger partial charge in [0.2, 0.25) is 0 Å². The Hall–Kier alpha value is 0.280. The zero-order valence-electron chi connectivity index (χ0n) is 4.99. The highest BCUT2D eigenvalue weighted by molar-refractivity contribution is 8.00. The number of rotatable bonds is 1. The van der Waals surface area contributed by atoms with E-state index >= 15 is 0 Å². The highest BCUT2D eigenvalue weighted by Crippen LogP contribution is 2.22. The van der Waals surface area contributed by atoms with Crippen LogP contribution in [0, 0.1) is 0 Å². The largest absolute Gasteiger partial charge is 0.239 e. The quantitative estimate of drug-likeness (QED) is 0.514. The SMILES string of the molecule is CC(C)(C)SCF. The number of thioether (sulfide) groups is 1. The van der Waals surface area contributed by atoms with Crippen molar-refractivity contribution in [3.63, 3.8) is 0 Å². The van der Waals surface area contributed by atoms with Crippen LogP contribution in [-0.4, -0.2) is 10.8 Å². The molecule has 0 atom stereocenters. The van der Waals surface area contributed by atoms with Crippen molar-refractivity contribution in [3.8, 4) is 0 Å². The van der Waals surface area contributed by atoms with E-state index in [1.165, 1.54) is 11.8 Å². The number of halogens is 1. The molecule has 0 aliphatic rings. The number of alkyl halides is 1. The van der Waals surface area contributed by atoms with Gasteiger partial charge in [-0.1, -0.05) is 20.8 Å². The van der Waals surface area contributed by atoms with Crippen LogP contribution in [0.5, 0.6) is 0 Å². The smallest absolute Gasteiger partial charge is 0.135 e. The minimum atomic E-state index is -0.274. The van der Waals surface area contributed by atoms with Gasteiger partial charge in [-0.2, -0.15) is 0 Å². The van der Waals surface area contributed by atoms with Crippen LogP contribution < -0.4 is 0 Å². The molecule has 0 amide bonds. The number of hydrogen-bond donors (Lipinski definition) is 0. The minimum Gasteiger partial charge on any atom is -0.239 e. The Morgan fingerprint density at radius 2 is 1.86 bits per heavy atom. The summed E-state index contributed by atoms with van der Waals surface area (Å²) < 4.78 is 11.5. The Labute approximate surface area is 48.5 Å². The second-order valence-electron chi connectivity index (χ2n) is 2.37. The maximum atomic E-state index is 11.5. The summed E-state index contributed by atoms with van der Waals surface area (Å²) in [6, 6.07) is -0.274. The lowest BCUT2D eigenvalue weighted by atomic mass is 10.3. The van der Waals surface area contributed by atoms with Gasteiger partial charge in [0.05, 0.1) is 0 Å². The molecule has 0 aromatic carbocycles. The Bertz CT molecular complexity index is 46.5. The van der Waals surface area contributed by atoms with E-state index in [1.54, 1.807) is 0 Å². The van der Waals surface area contributed by atoms with Crippen molar-refractivity contribution in [2.75, 3.05) is 6.01 Å². The zero-order chi connectivity index (χ0) is 5.91. The van der Waals surface area contributed by atoms with Crippen LogP contribution in [0.25, 0.3) is 0 Å². The monoisotopic (exact) mass is 122 g/mol. The molecule has 0 rings (SSSR count). The summed E-state index contributed by atoms with van der Waals surface area (Å²) in [5.41, 5.74) is 0. The van der Waals surface area contributed by atoms with E-state index in [0.29, 0.717) is 0 Å². The van der Waals surface area contributed by atoms with E-state index in [4.69, 9.17) is 0 Å². The van der Waals surface area contributed by atoms with Crippen molar-refractivity contribution in [2.45, 2.75) is 25.5 Å². The molecule has 0 fully saturated rings. The molecule has 0 unspecified atom stereocenters. The predicted molar refractivity (Wildman–Crippen MR) is 33.3 cm³/mol. The Balaban J connectivity index is 3.15. The van der Waals surface area contributed by atoms with Crippen molar-refractivity contribution < 1.29 is 4.39 Å². The third-order valence-electron chi connectivity index (χ3n) is 0.488. The topological polar surface area (TPSA) is 0 Å². The van der Waals surface area contributed by atoms with Gasteiger partial charge in [-0.25, -0.2) is 4.39 Å². The van der Waals surface area contributed by atoms with Gasteiger partial charge in [0.15, 0.2) is 0 Å². The van der Waals surface area contributed by atoms with Crippen molar-refractivity contribution in [3.05, 3.63) is 0 Å². The summed E-state index contributed by atoms with van der Waals surface area (Å²) in [6.07, 6.45) is 0. The lowest BCUT2D eigenvalue weighted by molar-refractivity contribution is 0.599. The standard InChI is InChI=1S/C5H11FS/c1-5(2,3)7-4-6/h4H2,1-3H3. The van der Waals surface area contributed by atoms with Crippen LogP contribution in [0.2, 0.25) is 0 Å². The van der Waals surface area contributed by atoms with Crippen molar-refractivity contribution in [2.24, 2.45) is 0 Å². The van der Waals surface area contributed by atoms with Crippen LogP contribution in [0.15, 0.2) is 0 Å². The maximum Gasteiger partial charge on any atom is 0.135 e. The second kappa shape index (κ2) is 2.55.